The van der Waals surface area contributed by atoms with Crippen LogP contribution in [0, 0.1) is 10.1 Å². The molecule has 0 aliphatic carbocycles. The molecule has 92 valence electrons. The van der Waals surface area contributed by atoms with Gasteiger partial charge in [-0.3, -0.25) is 14.3 Å². The molecule has 2 rings (SSSR count). The molecular formula is C13H11NO3S. The van der Waals surface area contributed by atoms with Crippen molar-refractivity contribution in [2.75, 3.05) is 0 Å². The quantitative estimate of drug-likeness (QED) is 0.628. The van der Waals surface area contributed by atoms with Crippen LogP contribution in [0.5, 0.6) is 0 Å². The number of nitro benzene ring substituents is 1. The first-order chi connectivity index (χ1) is 8.68. The van der Waals surface area contributed by atoms with E-state index in [-0.39, 0.29) is 16.3 Å². The zero-order chi connectivity index (χ0) is 13.0. The Bertz CT molecular complexity index is 584. The molecule has 0 aliphatic rings. The molecule has 0 fully saturated rings. The van der Waals surface area contributed by atoms with Crippen LogP contribution in [-0.2, 0) is 16.6 Å². The zero-order valence-corrected chi connectivity index (χ0v) is 10.3. The highest BCUT2D eigenvalue weighted by molar-refractivity contribution is 7.84. The fourth-order valence-electron chi connectivity index (χ4n) is 1.60. The summed E-state index contributed by atoms with van der Waals surface area (Å²) in [7, 11) is -1.41. The van der Waals surface area contributed by atoms with Gasteiger partial charge >= 0.3 is 0 Å². The molecular weight excluding hydrogens is 250 g/mol. The van der Waals surface area contributed by atoms with Gasteiger partial charge in [0.2, 0.25) is 0 Å². The van der Waals surface area contributed by atoms with Crippen LogP contribution in [0.15, 0.2) is 59.5 Å². The summed E-state index contributed by atoms with van der Waals surface area (Å²) in [6.45, 7) is 0. The van der Waals surface area contributed by atoms with Crippen molar-refractivity contribution in [1.29, 1.82) is 0 Å². The lowest BCUT2D eigenvalue weighted by molar-refractivity contribution is -0.387. The van der Waals surface area contributed by atoms with Crippen LogP contribution >= 0.6 is 0 Å². The number of rotatable bonds is 4. The highest BCUT2D eigenvalue weighted by atomic mass is 32.2. The third kappa shape index (κ3) is 2.81. The van der Waals surface area contributed by atoms with E-state index in [0.717, 1.165) is 5.56 Å². The van der Waals surface area contributed by atoms with Gasteiger partial charge in [-0.15, -0.1) is 0 Å². The van der Waals surface area contributed by atoms with Gasteiger partial charge in [-0.2, -0.15) is 0 Å². The molecule has 4 nitrogen and oxygen atoms in total. The first-order valence-corrected chi connectivity index (χ1v) is 6.66. The summed E-state index contributed by atoms with van der Waals surface area (Å²) in [4.78, 5) is 10.6. The van der Waals surface area contributed by atoms with Gasteiger partial charge in [0.15, 0.2) is 0 Å². The number of hydrogen-bond donors (Lipinski definition) is 0. The molecule has 0 saturated heterocycles. The molecule has 2 aromatic carbocycles. The van der Waals surface area contributed by atoms with E-state index in [4.69, 9.17) is 0 Å². The molecule has 0 radical (unpaired) electrons. The van der Waals surface area contributed by atoms with Crippen LogP contribution in [0.3, 0.4) is 0 Å². The Balaban J connectivity index is 2.27. The largest absolute Gasteiger partial charge is 0.285 e. The van der Waals surface area contributed by atoms with Crippen molar-refractivity contribution < 1.29 is 9.13 Å². The number of nitrogens with zero attached hydrogens (tertiary/aromatic N) is 1. The molecule has 1 atom stereocenters. The lowest BCUT2D eigenvalue weighted by Gasteiger charge is -2.03. The van der Waals surface area contributed by atoms with Gasteiger partial charge in [0, 0.05) is 6.07 Å². The summed E-state index contributed by atoms with van der Waals surface area (Å²) < 4.78 is 12.1. The van der Waals surface area contributed by atoms with E-state index in [0.29, 0.717) is 0 Å². The number of nitro groups is 1. The van der Waals surface area contributed by atoms with Gasteiger partial charge in [-0.05, 0) is 11.6 Å². The first kappa shape index (κ1) is 12.4. The van der Waals surface area contributed by atoms with Crippen LogP contribution in [0.4, 0.5) is 5.69 Å². The van der Waals surface area contributed by atoms with Crippen LogP contribution in [0.1, 0.15) is 5.56 Å². The van der Waals surface area contributed by atoms with Crippen molar-refractivity contribution in [3.05, 3.63) is 70.3 Å². The summed E-state index contributed by atoms with van der Waals surface area (Å²) in [6, 6.07) is 15.4. The van der Waals surface area contributed by atoms with Crippen molar-refractivity contribution in [2.45, 2.75) is 10.6 Å². The second-order valence-electron chi connectivity index (χ2n) is 3.70. The number of hydrogen-bond acceptors (Lipinski definition) is 3. The Kier molecular flexibility index (Phi) is 3.84. The molecule has 0 N–H and O–H groups in total. The third-order valence-corrected chi connectivity index (χ3v) is 3.88. The molecule has 0 aliphatic heterocycles. The van der Waals surface area contributed by atoms with E-state index in [1.807, 2.05) is 30.3 Å². The third-order valence-electron chi connectivity index (χ3n) is 2.45. The Morgan fingerprint density at radius 1 is 1.00 bits per heavy atom. The van der Waals surface area contributed by atoms with Gasteiger partial charge in [-0.1, -0.05) is 42.5 Å². The smallest absolute Gasteiger partial charge is 0.258 e. The predicted molar refractivity (Wildman–Crippen MR) is 69.7 cm³/mol. The SMILES string of the molecule is O=[N+]([O-])c1ccccc1[S@](=O)Cc1ccccc1. The van der Waals surface area contributed by atoms with Crippen molar-refractivity contribution in [1.82, 2.24) is 0 Å². The van der Waals surface area contributed by atoms with Crippen molar-refractivity contribution in [3.63, 3.8) is 0 Å². The Morgan fingerprint density at radius 2 is 1.61 bits per heavy atom. The average molecular weight is 261 g/mol. The Labute approximate surface area is 107 Å². The van der Waals surface area contributed by atoms with Crippen molar-refractivity contribution in [2.24, 2.45) is 0 Å². The summed E-state index contributed by atoms with van der Waals surface area (Å²) in [6.07, 6.45) is 0. The fraction of sp³-hybridized carbons (Fsp3) is 0.0769. The van der Waals surface area contributed by atoms with E-state index >= 15 is 0 Å². The highest BCUT2D eigenvalue weighted by Crippen LogP contribution is 2.23. The van der Waals surface area contributed by atoms with Crippen LogP contribution in [-0.4, -0.2) is 9.13 Å². The monoisotopic (exact) mass is 261 g/mol. The van der Waals surface area contributed by atoms with Crippen LogP contribution in [0.25, 0.3) is 0 Å². The van der Waals surface area contributed by atoms with Gasteiger partial charge in [0.25, 0.3) is 5.69 Å². The second kappa shape index (κ2) is 5.55. The molecule has 18 heavy (non-hydrogen) atoms. The van der Waals surface area contributed by atoms with Gasteiger partial charge < -0.3 is 0 Å². The molecule has 0 amide bonds. The lowest BCUT2D eigenvalue weighted by atomic mass is 10.2. The Morgan fingerprint density at radius 3 is 2.28 bits per heavy atom. The van der Waals surface area contributed by atoms with Crippen LogP contribution < -0.4 is 0 Å². The summed E-state index contributed by atoms with van der Waals surface area (Å²) in [5, 5.41) is 10.8. The predicted octanol–water partition coefficient (Wildman–Crippen LogP) is 2.90. The summed E-state index contributed by atoms with van der Waals surface area (Å²) >= 11 is 0. The zero-order valence-electron chi connectivity index (χ0n) is 9.48. The average Bonchev–Trinajstić information content (AvgIpc) is 2.40. The topological polar surface area (TPSA) is 60.2 Å². The molecule has 0 spiro atoms. The molecule has 0 bridgehead atoms. The van der Waals surface area contributed by atoms with E-state index in [9.17, 15) is 14.3 Å². The lowest BCUT2D eigenvalue weighted by Crippen LogP contribution is -2.00. The minimum absolute atomic E-state index is 0.0910. The summed E-state index contributed by atoms with van der Waals surface area (Å²) in [5.74, 6) is 0.283. The van der Waals surface area contributed by atoms with Crippen LogP contribution in [0.2, 0.25) is 0 Å². The molecule has 2 aromatic rings. The second-order valence-corrected chi connectivity index (χ2v) is 5.12. The Hall–Kier alpha value is -2.01. The molecule has 0 heterocycles. The van der Waals surface area contributed by atoms with Crippen molar-refractivity contribution in [3.8, 4) is 0 Å². The molecule has 0 aromatic heterocycles. The number of para-hydroxylation sites is 1. The van der Waals surface area contributed by atoms with Gasteiger partial charge in [0.1, 0.15) is 4.90 Å². The van der Waals surface area contributed by atoms with Gasteiger partial charge in [-0.25, -0.2) is 0 Å². The maximum Gasteiger partial charge on any atom is 0.285 e. The highest BCUT2D eigenvalue weighted by Gasteiger charge is 2.17. The maximum atomic E-state index is 12.1. The van der Waals surface area contributed by atoms with E-state index in [1.165, 1.54) is 12.1 Å². The molecule has 5 heteroatoms. The van der Waals surface area contributed by atoms with E-state index in [2.05, 4.69) is 0 Å². The standard InChI is InChI=1S/C13H11NO3S/c15-14(16)12-8-4-5-9-13(12)18(17)10-11-6-2-1-3-7-11/h1-9H,10H2/t18-/m1/s1. The van der Waals surface area contributed by atoms with E-state index < -0.39 is 15.7 Å². The normalized spacial score (nSPS) is 12.0. The molecule has 0 saturated carbocycles. The molecule has 0 unspecified atom stereocenters. The minimum Gasteiger partial charge on any atom is -0.258 e. The first-order valence-electron chi connectivity index (χ1n) is 5.34. The van der Waals surface area contributed by atoms with Crippen molar-refractivity contribution >= 4 is 16.5 Å². The summed E-state index contributed by atoms with van der Waals surface area (Å²) in [5.41, 5.74) is 0.806. The van der Waals surface area contributed by atoms with Gasteiger partial charge in [0.05, 0.1) is 21.5 Å². The van der Waals surface area contributed by atoms with E-state index in [1.54, 1.807) is 12.1 Å². The minimum atomic E-state index is -1.41. The maximum absolute atomic E-state index is 12.1. The number of benzene rings is 2. The fourth-order valence-corrected chi connectivity index (χ4v) is 2.86.